The van der Waals surface area contributed by atoms with E-state index in [4.69, 9.17) is 9.57 Å². The van der Waals surface area contributed by atoms with E-state index in [1.807, 2.05) is 36.7 Å². The second-order valence-corrected chi connectivity index (χ2v) is 8.22. The van der Waals surface area contributed by atoms with E-state index in [0.717, 1.165) is 26.8 Å². The summed E-state index contributed by atoms with van der Waals surface area (Å²) in [6.07, 6.45) is -0.532. The molecule has 8 heteroatoms. The van der Waals surface area contributed by atoms with Gasteiger partial charge >= 0.3 is 6.09 Å². The second kappa shape index (κ2) is 9.16. The molecular weight excluding hydrogens is 378 g/mol. The van der Waals surface area contributed by atoms with E-state index < -0.39 is 17.7 Å². The average molecular weight is 406 g/mol. The number of hydrogen-bond donors (Lipinski definition) is 1. The molecule has 0 bridgehead atoms. The van der Waals surface area contributed by atoms with Crippen LogP contribution >= 0.6 is 11.3 Å². The number of nitrogens with zero attached hydrogens (tertiary/aromatic N) is 2. The lowest BCUT2D eigenvalue weighted by molar-refractivity contribution is -0.169. The highest BCUT2D eigenvalue weighted by molar-refractivity contribution is 7.13. The van der Waals surface area contributed by atoms with Crippen molar-refractivity contribution in [3.63, 3.8) is 0 Å². The minimum Gasteiger partial charge on any atom is -0.444 e. The SMILES string of the molecule is CON(C)C(=O)C[C@H](NC(=O)OC(C)(C)C)c1ccc(-c2scnc2C)cc1. The first-order valence-electron chi connectivity index (χ1n) is 8.91. The van der Waals surface area contributed by atoms with Gasteiger partial charge in [0.15, 0.2) is 0 Å². The molecule has 2 amide bonds. The Labute approximate surface area is 169 Å². The van der Waals surface area contributed by atoms with Crippen LogP contribution in [-0.4, -0.2) is 41.8 Å². The molecule has 1 aromatic heterocycles. The van der Waals surface area contributed by atoms with Crippen molar-refractivity contribution in [1.29, 1.82) is 0 Å². The summed E-state index contributed by atoms with van der Waals surface area (Å²) in [5.74, 6) is -0.258. The van der Waals surface area contributed by atoms with Gasteiger partial charge in [0, 0.05) is 7.05 Å². The molecule has 28 heavy (non-hydrogen) atoms. The largest absolute Gasteiger partial charge is 0.444 e. The van der Waals surface area contributed by atoms with E-state index >= 15 is 0 Å². The van der Waals surface area contributed by atoms with Gasteiger partial charge in [-0.1, -0.05) is 24.3 Å². The molecular formula is C20H27N3O4S. The van der Waals surface area contributed by atoms with Crippen molar-refractivity contribution in [3.8, 4) is 10.4 Å². The van der Waals surface area contributed by atoms with Crippen LogP contribution in [0.25, 0.3) is 10.4 Å². The van der Waals surface area contributed by atoms with Crippen LogP contribution in [0.2, 0.25) is 0 Å². The van der Waals surface area contributed by atoms with Crippen LogP contribution in [0.4, 0.5) is 4.79 Å². The Kier molecular flexibility index (Phi) is 7.15. The highest BCUT2D eigenvalue weighted by Crippen LogP contribution is 2.29. The van der Waals surface area contributed by atoms with Crippen LogP contribution < -0.4 is 5.32 Å². The van der Waals surface area contributed by atoms with Crippen LogP contribution in [0, 0.1) is 6.92 Å². The number of hydrogen-bond acceptors (Lipinski definition) is 6. The molecule has 0 aliphatic carbocycles. The first-order valence-corrected chi connectivity index (χ1v) is 9.79. The summed E-state index contributed by atoms with van der Waals surface area (Å²) in [6.45, 7) is 7.33. The molecule has 0 saturated carbocycles. The van der Waals surface area contributed by atoms with Crippen molar-refractivity contribution in [3.05, 3.63) is 41.0 Å². The highest BCUT2D eigenvalue weighted by Gasteiger charge is 2.24. The predicted molar refractivity (Wildman–Crippen MR) is 109 cm³/mol. The Bertz CT molecular complexity index is 812. The molecule has 1 atom stereocenters. The number of amides is 2. The van der Waals surface area contributed by atoms with Crippen molar-refractivity contribution in [2.45, 2.75) is 45.8 Å². The van der Waals surface area contributed by atoms with Gasteiger partial charge in [0.25, 0.3) is 0 Å². The molecule has 0 fully saturated rings. The van der Waals surface area contributed by atoms with Crippen molar-refractivity contribution in [1.82, 2.24) is 15.4 Å². The predicted octanol–water partition coefficient (Wildman–Crippen LogP) is 4.09. The van der Waals surface area contributed by atoms with Gasteiger partial charge in [-0.15, -0.1) is 11.3 Å². The number of aryl methyl sites for hydroxylation is 1. The van der Waals surface area contributed by atoms with E-state index in [1.165, 1.54) is 14.2 Å². The first kappa shape index (κ1) is 21.8. The number of alkyl carbamates (subject to hydrolysis) is 1. The zero-order chi connectivity index (χ0) is 20.9. The number of aromatic nitrogens is 1. The maximum atomic E-state index is 12.3. The number of rotatable bonds is 6. The highest BCUT2D eigenvalue weighted by atomic mass is 32.1. The van der Waals surface area contributed by atoms with Crippen LogP contribution in [0.5, 0.6) is 0 Å². The molecule has 1 N–H and O–H groups in total. The molecule has 0 saturated heterocycles. The molecule has 0 radical (unpaired) electrons. The Hall–Kier alpha value is -2.45. The summed E-state index contributed by atoms with van der Waals surface area (Å²) in [4.78, 5) is 34.9. The molecule has 1 aromatic carbocycles. The molecule has 0 spiro atoms. The van der Waals surface area contributed by atoms with E-state index in [-0.39, 0.29) is 12.3 Å². The lowest BCUT2D eigenvalue weighted by atomic mass is 10.0. The average Bonchev–Trinajstić information content (AvgIpc) is 3.04. The lowest BCUT2D eigenvalue weighted by Crippen LogP contribution is -2.37. The van der Waals surface area contributed by atoms with E-state index in [9.17, 15) is 9.59 Å². The number of benzene rings is 1. The van der Waals surface area contributed by atoms with E-state index in [1.54, 1.807) is 32.1 Å². The van der Waals surface area contributed by atoms with Crippen molar-refractivity contribution >= 4 is 23.3 Å². The zero-order valence-corrected chi connectivity index (χ0v) is 17.9. The van der Waals surface area contributed by atoms with Gasteiger partial charge < -0.3 is 10.1 Å². The number of nitrogens with one attached hydrogen (secondary N) is 1. The van der Waals surface area contributed by atoms with Gasteiger partial charge in [-0.05, 0) is 38.8 Å². The Balaban J connectivity index is 2.23. The van der Waals surface area contributed by atoms with Gasteiger partial charge in [-0.3, -0.25) is 9.63 Å². The lowest BCUT2D eigenvalue weighted by Gasteiger charge is -2.25. The maximum absolute atomic E-state index is 12.3. The fraction of sp³-hybridized carbons (Fsp3) is 0.450. The van der Waals surface area contributed by atoms with E-state index in [0.29, 0.717) is 0 Å². The van der Waals surface area contributed by atoms with Gasteiger partial charge in [-0.2, -0.15) is 0 Å². The first-order chi connectivity index (χ1) is 13.1. The summed E-state index contributed by atoms with van der Waals surface area (Å²) in [5, 5.41) is 3.93. The summed E-state index contributed by atoms with van der Waals surface area (Å²) >= 11 is 1.57. The number of hydroxylamine groups is 2. The van der Waals surface area contributed by atoms with Crippen LogP contribution in [0.3, 0.4) is 0 Å². The number of carbonyl (C=O) groups is 2. The Morgan fingerprint density at radius 1 is 1.25 bits per heavy atom. The number of carbonyl (C=O) groups excluding carboxylic acids is 2. The number of thiazole rings is 1. The minimum absolute atomic E-state index is 0.0442. The van der Waals surface area contributed by atoms with Crippen LogP contribution in [0.15, 0.2) is 29.8 Å². The molecule has 0 unspecified atom stereocenters. The fourth-order valence-corrected chi connectivity index (χ4v) is 3.36. The van der Waals surface area contributed by atoms with Gasteiger partial charge in [0.2, 0.25) is 5.91 Å². The Morgan fingerprint density at radius 2 is 1.89 bits per heavy atom. The standard InChI is InChI=1S/C20H27N3O4S/c1-13-18(28-12-21-13)15-9-7-14(8-10-15)16(11-17(24)23(5)26-6)22-19(25)27-20(2,3)4/h7-10,12,16H,11H2,1-6H3,(H,22,25)/t16-/m0/s1. The topological polar surface area (TPSA) is 80.8 Å². The molecule has 1 heterocycles. The summed E-state index contributed by atoms with van der Waals surface area (Å²) in [6, 6.07) is 7.18. The van der Waals surface area contributed by atoms with Gasteiger partial charge in [0.1, 0.15) is 5.60 Å². The van der Waals surface area contributed by atoms with Crippen molar-refractivity contribution in [2.24, 2.45) is 0 Å². The fourth-order valence-electron chi connectivity index (χ4n) is 2.55. The molecule has 0 aliphatic heterocycles. The maximum Gasteiger partial charge on any atom is 0.408 e. The zero-order valence-electron chi connectivity index (χ0n) is 17.1. The summed E-state index contributed by atoms with van der Waals surface area (Å²) in [5.41, 5.74) is 3.99. The third-order valence-electron chi connectivity index (χ3n) is 4.02. The van der Waals surface area contributed by atoms with Crippen molar-refractivity contribution in [2.75, 3.05) is 14.2 Å². The third-order valence-corrected chi connectivity index (χ3v) is 4.99. The van der Waals surface area contributed by atoms with Crippen molar-refractivity contribution < 1.29 is 19.2 Å². The quantitative estimate of drug-likeness (QED) is 0.732. The Morgan fingerprint density at radius 3 is 2.39 bits per heavy atom. The van der Waals surface area contributed by atoms with Gasteiger partial charge in [-0.25, -0.2) is 14.8 Å². The van der Waals surface area contributed by atoms with Crippen LogP contribution in [0.1, 0.15) is 44.5 Å². The summed E-state index contributed by atoms with van der Waals surface area (Å²) < 4.78 is 5.34. The van der Waals surface area contributed by atoms with E-state index in [2.05, 4.69) is 10.3 Å². The third kappa shape index (κ3) is 6.03. The van der Waals surface area contributed by atoms with Crippen LogP contribution in [-0.2, 0) is 14.4 Å². The monoisotopic (exact) mass is 405 g/mol. The minimum atomic E-state index is -0.629. The number of ether oxygens (including phenoxy) is 1. The molecule has 0 aliphatic rings. The second-order valence-electron chi connectivity index (χ2n) is 7.37. The summed E-state index contributed by atoms with van der Waals surface area (Å²) in [7, 11) is 2.95. The smallest absolute Gasteiger partial charge is 0.408 e. The molecule has 7 nitrogen and oxygen atoms in total. The molecule has 2 rings (SSSR count). The molecule has 2 aromatic rings. The molecule has 152 valence electrons. The normalized spacial score (nSPS) is 12.4. The van der Waals surface area contributed by atoms with Gasteiger partial charge in [0.05, 0.1) is 35.7 Å².